The normalized spacial score (nSPS) is 17.2. The summed E-state index contributed by atoms with van der Waals surface area (Å²) < 4.78 is 5.37. The van der Waals surface area contributed by atoms with E-state index in [4.69, 9.17) is 4.52 Å². The van der Waals surface area contributed by atoms with Gasteiger partial charge < -0.3 is 9.84 Å². The highest BCUT2D eigenvalue weighted by molar-refractivity contribution is 5.18. The zero-order valence-electron chi connectivity index (χ0n) is 12.5. The van der Waals surface area contributed by atoms with Gasteiger partial charge in [-0.05, 0) is 25.5 Å². The molecule has 1 fully saturated rings. The number of hydrogen-bond donors (Lipinski definition) is 1. The van der Waals surface area contributed by atoms with Gasteiger partial charge in [-0.2, -0.15) is 4.98 Å². The Morgan fingerprint density at radius 1 is 1.24 bits per heavy atom. The van der Waals surface area contributed by atoms with Gasteiger partial charge in [0.05, 0.1) is 6.54 Å². The molecule has 2 heterocycles. The van der Waals surface area contributed by atoms with Gasteiger partial charge in [-0.3, -0.25) is 4.90 Å². The van der Waals surface area contributed by atoms with Crippen molar-refractivity contribution in [2.75, 3.05) is 20.1 Å². The molecule has 21 heavy (non-hydrogen) atoms. The molecule has 1 aromatic carbocycles. The molecule has 2 aromatic rings. The van der Waals surface area contributed by atoms with Crippen molar-refractivity contribution in [1.82, 2.24) is 20.4 Å². The molecule has 0 aliphatic carbocycles. The average molecular weight is 286 g/mol. The molecule has 1 aliphatic heterocycles. The largest absolute Gasteiger partial charge is 0.338 e. The maximum absolute atomic E-state index is 5.37. The summed E-state index contributed by atoms with van der Waals surface area (Å²) >= 11 is 0. The highest BCUT2D eigenvalue weighted by Gasteiger charge is 2.19. The summed E-state index contributed by atoms with van der Waals surface area (Å²) in [7, 11) is 2.04. The third kappa shape index (κ3) is 3.89. The molecule has 5 heteroatoms. The minimum Gasteiger partial charge on any atom is -0.338 e. The Labute approximate surface area is 125 Å². The van der Waals surface area contributed by atoms with E-state index in [1.807, 2.05) is 25.2 Å². The standard InChI is InChI=1S/C16H22N4O/c1-17-14-7-9-20(10-8-14)12-16-18-15(19-21-16)11-13-5-3-2-4-6-13/h2-6,14,17H,7-12H2,1H3. The molecule has 1 aromatic heterocycles. The van der Waals surface area contributed by atoms with E-state index in [1.165, 1.54) is 18.4 Å². The molecule has 0 spiro atoms. The second kappa shape index (κ2) is 6.83. The predicted molar refractivity (Wildman–Crippen MR) is 80.9 cm³/mol. The fraction of sp³-hybridized carbons (Fsp3) is 0.500. The van der Waals surface area contributed by atoms with Gasteiger partial charge in [0.2, 0.25) is 5.89 Å². The number of nitrogens with one attached hydrogen (secondary N) is 1. The lowest BCUT2D eigenvalue weighted by atomic mass is 10.1. The molecule has 1 saturated heterocycles. The van der Waals surface area contributed by atoms with Gasteiger partial charge in [-0.1, -0.05) is 35.5 Å². The van der Waals surface area contributed by atoms with Crippen LogP contribution in [0, 0.1) is 0 Å². The van der Waals surface area contributed by atoms with E-state index in [2.05, 4.69) is 32.5 Å². The first kappa shape index (κ1) is 14.2. The molecule has 0 bridgehead atoms. The predicted octanol–water partition coefficient (Wildman–Crippen LogP) is 1.84. The van der Waals surface area contributed by atoms with Crippen molar-refractivity contribution in [3.63, 3.8) is 0 Å². The van der Waals surface area contributed by atoms with Crippen molar-refractivity contribution in [3.8, 4) is 0 Å². The highest BCUT2D eigenvalue weighted by atomic mass is 16.5. The summed E-state index contributed by atoms with van der Waals surface area (Å²) in [5, 5.41) is 7.42. The highest BCUT2D eigenvalue weighted by Crippen LogP contribution is 2.13. The van der Waals surface area contributed by atoms with Crippen LogP contribution in [0.5, 0.6) is 0 Å². The van der Waals surface area contributed by atoms with Crippen LogP contribution in [-0.2, 0) is 13.0 Å². The van der Waals surface area contributed by atoms with Gasteiger partial charge >= 0.3 is 0 Å². The van der Waals surface area contributed by atoms with Gasteiger partial charge in [0, 0.05) is 25.6 Å². The minimum absolute atomic E-state index is 0.651. The second-order valence-corrected chi connectivity index (χ2v) is 5.61. The smallest absolute Gasteiger partial charge is 0.240 e. The maximum atomic E-state index is 5.37. The molecule has 112 valence electrons. The molecule has 5 nitrogen and oxygen atoms in total. The Bertz CT molecular complexity index is 546. The fourth-order valence-electron chi connectivity index (χ4n) is 2.78. The summed E-state index contributed by atoms with van der Waals surface area (Å²) in [6.45, 7) is 2.93. The summed E-state index contributed by atoms with van der Waals surface area (Å²) in [5.41, 5.74) is 1.21. The van der Waals surface area contributed by atoms with Crippen LogP contribution >= 0.6 is 0 Å². The Hall–Kier alpha value is -1.72. The van der Waals surface area contributed by atoms with E-state index in [0.29, 0.717) is 6.04 Å². The molecule has 1 aliphatic rings. The van der Waals surface area contributed by atoms with E-state index < -0.39 is 0 Å². The third-order valence-corrected chi connectivity index (χ3v) is 4.07. The monoisotopic (exact) mass is 286 g/mol. The van der Waals surface area contributed by atoms with Gasteiger partial charge in [0.15, 0.2) is 5.82 Å². The van der Waals surface area contributed by atoms with Gasteiger partial charge in [-0.25, -0.2) is 0 Å². The molecule has 0 atom stereocenters. The first-order chi connectivity index (χ1) is 10.3. The zero-order valence-corrected chi connectivity index (χ0v) is 12.5. The summed E-state index contributed by atoms with van der Waals surface area (Å²) in [6, 6.07) is 10.9. The molecular weight excluding hydrogens is 264 g/mol. The SMILES string of the molecule is CNC1CCN(Cc2nc(Cc3ccccc3)no2)CC1. The Kier molecular flexibility index (Phi) is 4.62. The van der Waals surface area contributed by atoms with Crippen LogP contribution in [0.4, 0.5) is 0 Å². The number of piperidine rings is 1. The summed E-state index contributed by atoms with van der Waals surface area (Å²) in [5.74, 6) is 1.49. The molecule has 0 amide bonds. The molecular formula is C16H22N4O. The number of nitrogens with zero attached hydrogens (tertiary/aromatic N) is 3. The Morgan fingerprint density at radius 3 is 2.71 bits per heavy atom. The number of aromatic nitrogens is 2. The fourth-order valence-corrected chi connectivity index (χ4v) is 2.78. The van der Waals surface area contributed by atoms with Crippen molar-refractivity contribution in [2.24, 2.45) is 0 Å². The van der Waals surface area contributed by atoms with E-state index in [1.54, 1.807) is 0 Å². The van der Waals surface area contributed by atoms with Crippen LogP contribution in [0.15, 0.2) is 34.9 Å². The maximum Gasteiger partial charge on any atom is 0.240 e. The number of rotatable bonds is 5. The number of hydrogen-bond acceptors (Lipinski definition) is 5. The first-order valence-corrected chi connectivity index (χ1v) is 7.58. The molecule has 0 unspecified atom stereocenters. The van der Waals surface area contributed by atoms with Crippen LogP contribution in [-0.4, -0.2) is 41.2 Å². The molecule has 0 saturated carbocycles. The van der Waals surface area contributed by atoms with Crippen LogP contribution in [0.2, 0.25) is 0 Å². The number of benzene rings is 1. The topological polar surface area (TPSA) is 54.2 Å². The Morgan fingerprint density at radius 2 is 2.00 bits per heavy atom. The zero-order chi connectivity index (χ0) is 14.5. The third-order valence-electron chi connectivity index (χ3n) is 4.07. The average Bonchev–Trinajstić information content (AvgIpc) is 2.96. The van der Waals surface area contributed by atoms with E-state index >= 15 is 0 Å². The number of likely N-dealkylation sites (tertiary alicyclic amines) is 1. The van der Waals surface area contributed by atoms with E-state index in [0.717, 1.165) is 37.8 Å². The van der Waals surface area contributed by atoms with Crippen LogP contribution in [0.25, 0.3) is 0 Å². The minimum atomic E-state index is 0.651. The lowest BCUT2D eigenvalue weighted by molar-refractivity contribution is 0.173. The quantitative estimate of drug-likeness (QED) is 0.909. The van der Waals surface area contributed by atoms with E-state index in [9.17, 15) is 0 Å². The van der Waals surface area contributed by atoms with Crippen molar-refractivity contribution < 1.29 is 4.52 Å². The van der Waals surface area contributed by atoms with Crippen LogP contribution in [0.3, 0.4) is 0 Å². The van der Waals surface area contributed by atoms with Gasteiger partial charge in [0.1, 0.15) is 0 Å². The first-order valence-electron chi connectivity index (χ1n) is 7.58. The molecule has 0 radical (unpaired) electrons. The van der Waals surface area contributed by atoms with Crippen molar-refractivity contribution in [1.29, 1.82) is 0 Å². The summed E-state index contributed by atoms with van der Waals surface area (Å²) in [6.07, 6.45) is 3.09. The van der Waals surface area contributed by atoms with Crippen LogP contribution in [0.1, 0.15) is 30.1 Å². The lowest BCUT2D eigenvalue weighted by Crippen LogP contribution is -2.40. The van der Waals surface area contributed by atoms with Crippen molar-refractivity contribution in [3.05, 3.63) is 47.6 Å². The summed E-state index contributed by atoms with van der Waals surface area (Å²) in [4.78, 5) is 6.89. The molecule has 1 N–H and O–H groups in total. The Balaban J connectivity index is 1.53. The van der Waals surface area contributed by atoms with Gasteiger partial charge in [0.25, 0.3) is 0 Å². The van der Waals surface area contributed by atoms with Crippen molar-refractivity contribution >= 4 is 0 Å². The van der Waals surface area contributed by atoms with Crippen molar-refractivity contribution in [2.45, 2.75) is 31.8 Å². The van der Waals surface area contributed by atoms with Crippen LogP contribution < -0.4 is 5.32 Å². The van der Waals surface area contributed by atoms with E-state index in [-0.39, 0.29) is 0 Å². The second-order valence-electron chi connectivity index (χ2n) is 5.61. The molecule has 3 rings (SSSR count). The lowest BCUT2D eigenvalue weighted by Gasteiger charge is -2.30. The van der Waals surface area contributed by atoms with Gasteiger partial charge in [-0.15, -0.1) is 0 Å².